The minimum absolute atomic E-state index is 0.348. The highest BCUT2D eigenvalue weighted by Crippen LogP contribution is 2.37. The van der Waals surface area contributed by atoms with Crippen LogP contribution in [0.5, 0.6) is 0 Å². The highest BCUT2D eigenvalue weighted by Gasteiger charge is 2.26. The van der Waals surface area contributed by atoms with Gasteiger partial charge < -0.3 is 9.29 Å². The van der Waals surface area contributed by atoms with Crippen LogP contribution in [0.4, 0.5) is 0 Å². The molecular weight excluding hydrogens is 421 g/mol. The van der Waals surface area contributed by atoms with Gasteiger partial charge in [-0.05, 0) is 68.7 Å². The molecule has 0 aliphatic rings. The lowest BCUT2D eigenvalue weighted by molar-refractivity contribution is 0.416. The molecule has 1 atom stereocenters. The number of thiocarbonyl (C=S) groups is 1. The Morgan fingerprint density at radius 1 is 1.22 bits per heavy atom. The molecule has 0 saturated carbocycles. The number of rotatable bonds is 4. The number of nitrogens with zero attached hydrogens (tertiary/aromatic N) is 1. The molecule has 0 spiro atoms. The summed E-state index contributed by atoms with van der Waals surface area (Å²) in [5, 5.41) is 1.12. The number of hydrogen-bond donors (Lipinski definition) is 0. The quantitative estimate of drug-likeness (QED) is 0.323. The van der Waals surface area contributed by atoms with Crippen molar-refractivity contribution in [3.8, 4) is 11.1 Å². The predicted molar refractivity (Wildman–Crippen MR) is 121 cm³/mol. The van der Waals surface area contributed by atoms with Crippen molar-refractivity contribution in [2.45, 2.75) is 32.4 Å². The van der Waals surface area contributed by atoms with E-state index in [0.29, 0.717) is 20.7 Å². The maximum absolute atomic E-state index is 12.4. The second-order valence-corrected chi connectivity index (χ2v) is 10.00. The first-order chi connectivity index (χ1) is 12.6. The lowest BCUT2D eigenvalue weighted by Crippen LogP contribution is -2.25. The van der Waals surface area contributed by atoms with Crippen molar-refractivity contribution in [1.82, 2.24) is 0 Å². The molecular formula is C20H21Cl2NO2S2. The van der Waals surface area contributed by atoms with E-state index in [4.69, 9.17) is 40.2 Å². The van der Waals surface area contributed by atoms with Crippen LogP contribution in [0, 0.1) is 6.92 Å². The van der Waals surface area contributed by atoms with Gasteiger partial charge in [0.15, 0.2) is 5.05 Å². The van der Waals surface area contributed by atoms with Crippen LogP contribution in [0.25, 0.3) is 11.1 Å². The van der Waals surface area contributed by atoms with E-state index in [9.17, 15) is 4.55 Å². The van der Waals surface area contributed by atoms with Gasteiger partial charge >= 0.3 is 0 Å². The molecule has 0 aliphatic carbocycles. The molecule has 0 aliphatic heterocycles. The molecule has 2 rings (SSSR count). The van der Waals surface area contributed by atoms with Gasteiger partial charge in [-0.15, -0.1) is 0 Å². The van der Waals surface area contributed by atoms with Crippen LogP contribution in [0.3, 0.4) is 0 Å². The summed E-state index contributed by atoms with van der Waals surface area (Å²) in [7, 11) is 1.54. The Morgan fingerprint density at radius 3 is 2.48 bits per heavy atom. The molecule has 0 heterocycles. The summed E-state index contributed by atoms with van der Waals surface area (Å²) in [6.07, 6.45) is 1.52. The number of hydrogen-bond acceptors (Lipinski definition) is 4. The van der Waals surface area contributed by atoms with Crippen molar-refractivity contribution in [2.75, 3.05) is 7.11 Å². The summed E-state index contributed by atoms with van der Waals surface area (Å²) >= 11 is 16.6. The average molecular weight is 442 g/mol. The largest absolute Gasteiger partial charge is 0.591 e. The third-order valence-electron chi connectivity index (χ3n) is 3.88. The van der Waals surface area contributed by atoms with Gasteiger partial charge in [0.25, 0.3) is 0 Å². The standard InChI is InChI=1S/C20H21Cl2NO2S2/c1-12-7-6-8-14(19(26)25-5)17(12)13-9-10-16(21)18(22)15(13)11-23-27(24)20(2,3)4/h6-11H,1-5H3. The summed E-state index contributed by atoms with van der Waals surface area (Å²) in [6.45, 7) is 7.56. The molecule has 144 valence electrons. The number of ether oxygens (including phenoxy) is 1. The minimum Gasteiger partial charge on any atom is -0.591 e. The maximum atomic E-state index is 12.4. The molecule has 7 heteroatoms. The molecule has 0 amide bonds. The Kier molecular flexibility index (Phi) is 7.33. The van der Waals surface area contributed by atoms with Crippen molar-refractivity contribution >= 4 is 58.0 Å². The zero-order valence-electron chi connectivity index (χ0n) is 15.8. The number of aryl methyl sites for hydroxylation is 1. The zero-order valence-corrected chi connectivity index (χ0v) is 18.9. The Morgan fingerprint density at radius 2 is 1.89 bits per heavy atom. The van der Waals surface area contributed by atoms with Crippen LogP contribution in [0.2, 0.25) is 10.0 Å². The van der Waals surface area contributed by atoms with E-state index in [2.05, 4.69) is 4.40 Å². The minimum atomic E-state index is -1.42. The molecule has 0 saturated heterocycles. The maximum Gasteiger partial charge on any atom is 0.191 e. The first-order valence-electron chi connectivity index (χ1n) is 8.20. The van der Waals surface area contributed by atoms with E-state index >= 15 is 0 Å². The molecule has 27 heavy (non-hydrogen) atoms. The Labute approximate surface area is 179 Å². The average Bonchev–Trinajstić information content (AvgIpc) is 2.61. The van der Waals surface area contributed by atoms with Gasteiger partial charge in [0.1, 0.15) is 16.1 Å². The number of halogens is 2. The number of benzene rings is 2. The molecule has 2 aromatic carbocycles. The van der Waals surface area contributed by atoms with Gasteiger partial charge in [0.05, 0.1) is 23.4 Å². The lowest BCUT2D eigenvalue weighted by atomic mass is 9.92. The van der Waals surface area contributed by atoms with Crippen molar-refractivity contribution in [2.24, 2.45) is 4.40 Å². The summed E-state index contributed by atoms with van der Waals surface area (Å²) < 4.78 is 21.4. The van der Waals surface area contributed by atoms with E-state index in [1.807, 2.05) is 52.0 Å². The van der Waals surface area contributed by atoms with Crippen LogP contribution in [-0.2, 0) is 16.1 Å². The molecule has 2 aromatic rings. The summed E-state index contributed by atoms with van der Waals surface area (Å²) in [4.78, 5) is 0. The molecule has 0 radical (unpaired) electrons. The van der Waals surface area contributed by atoms with Crippen molar-refractivity contribution in [3.63, 3.8) is 0 Å². The van der Waals surface area contributed by atoms with Gasteiger partial charge in [0.2, 0.25) is 0 Å². The van der Waals surface area contributed by atoms with E-state index in [-0.39, 0.29) is 0 Å². The third kappa shape index (κ3) is 5.04. The lowest BCUT2D eigenvalue weighted by Gasteiger charge is -2.19. The van der Waals surface area contributed by atoms with Gasteiger partial charge in [-0.2, -0.15) is 0 Å². The van der Waals surface area contributed by atoms with E-state index in [1.165, 1.54) is 13.3 Å². The SMILES string of the molecule is COC(=S)c1cccc(C)c1-c1ccc(Cl)c(Cl)c1C=N[S+]([O-])C(C)(C)C. The Balaban J connectivity index is 2.72. The molecule has 0 fully saturated rings. The van der Waals surface area contributed by atoms with Gasteiger partial charge in [-0.1, -0.05) is 45.8 Å². The normalized spacial score (nSPS) is 13.0. The monoisotopic (exact) mass is 441 g/mol. The van der Waals surface area contributed by atoms with Crippen molar-refractivity contribution in [1.29, 1.82) is 0 Å². The van der Waals surface area contributed by atoms with Crippen LogP contribution < -0.4 is 0 Å². The second kappa shape index (κ2) is 8.93. The van der Waals surface area contributed by atoms with E-state index < -0.39 is 16.1 Å². The first-order valence-corrected chi connectivity index (χ1v) is 10.5. The smallest absolute Gasteiger partial charge is 0.191 e. The topological polar surface area (TPSA) is 44.6 Å². The van der Waals surface area contributed by atoms with Crippen molar-refractivity contribution in [3.05, 3.63) is 57.1 Å². The Bertz CT molecular complexity index is 892. The van der Waals surface area contributed by atoms with E-state index in [0.717, 1.165) is 22.3 Å². The number of methoxy groups -OCH3 is 1. The van der Waals surface area contributed by atoms with Crippen LogP contribution in [0.1, 0.15) is 37.5 Å². The van der Waals surface area contributed by atoms with Crippen LogP contribution in [0.15, 0.2) is 34.7 Å². The second-order valence-electron chi connectivity index (χ2n) is 6.91. The van der Waals surface area contributed by atoms with Crippen LogP contribution >= 0.6 is 35.4 Å². The molecule has 0 N–H and O–H groups in total. The first kappa shape index (κ1) is 22.2. The molecule has 1 unspecified atom stereocenters. The van der Waals surface area contributed by atoms with Gasteiger partial charge in [0, 0.05) is 11.1 Å². The van der Waals surface area contributed by atoms with E-state index in [1.54, 1.807) is 6.07 Å². The fraction of sp³-hybridized carbons (Fsp3) is 0.300. The molecule has 3 nitrogen and oxygen atoms in total. The Hall–Kier alpha value is -1.11. The molecule has 0 aromatic heterocycles. The predicted octanol–water partition coefficient (Wildman–Crippen LogP) is 6.17. The highest BCUT2D eigenvalue weighted by molar-refractivity contribution is 7.91. The van der Waals surface area contributed by atoms with Crippen molar-refractivity contribution < 1.29 is 9.29 Å². The summed E-state index contributed by atoms with van der Waals surface area (Å²) in [5.74, 6) is 0. The fourth-order valence-electron chi connectivity index (χ4n) is 2.47. The highest BCUT2D eigenvalue weighted by atomic mass is 35.5. The molecule has 0 bridgehead atoms. The van der Waals surface area contributed by atoms with Crippen LogP contribution in [-0.4, -0.2) is 27.7 Å². The zero-order chi connectivity index (χ0) is 20.4. The summed E-state index contributed by atoms with van der Waals surface area (Å²) in [6, 6.07) is 9.38. The van der Waals surface area contributed by atoms with Gasteiger partial charge in [-0.3, -0.25) is 0 Å². The van der Waals surface area contributed by atoms with Gasteiger partial charge in [-0.25, -0.2) is 0 Å². The third-order valence-corrected chi connectivity index (χ3v) is 6.43. The fourth-order valence-corrected chi connectivity index (χ4v) is 3.54. The summed E-state index contributed by atoms with van der Waals surface area (Å²) in [5.41, 5.74) is 4.04.